The molecule has 0 aromatic heterocycles. The second-order valence-corrected chi connectivity index (χ2v) is 6.02. The fourth-order valence-electron chi connectivity index (χ4n) is 2.85. The number of barbiturate groups is 1. The minimum Gasteiger partial charge on any atom is -0.358 e. The number of benzene rings is 2. The topological polar surface area (TPSA) is 78.5 Å². The molecule has 2 aromatic carbocycles. The van der Waals surface area contributed by atoms with Crippen LogP contribution in [0.4, 0.5) is 14.9 Å². The summed E-state index contributed by atoms with van der Waals surface area (Å²) in [6.07, 6.45) is 1.56. The van der Waals surface area contributed by atoms with Crippen LogP contribution < -0.4 is 10.6 Å². The molecule has 1 heterocycles. The number of anilines is 1. The Morgan fingerprint density at radius 2 is 1.89 bits per heavy atom. The number of allylic oxidation sites excluding steroid dienone is 1. The highest BCUT2D eigenvalue weighted by Gasteiger charge is 2.42. The van der Waals surface area contributed by atoms with Gasteiger partial charge in [-0.2, -0.15) is 0 Å². The first-order valence-corrected chi connectivity index (χ1v) is 8.38. The number of imide groups is 2. The van der Waals surface area contributed by atoms with E-state index in [1.165, 1.54) is 18.2 Å². The SMILES string of the molecule is C/C=C(\Nc1cccc(F)c1)[C@@H]1C(=O)NC(=O)N(Cc2ccccc2)C1=O. The van der Waals surface area contributed by atoms with Crippen molar-refractivity contribution in [2.75, 3.05) is 5.32 Å². The molecule has 0 spiro atoms. The molecule has 138 valence electrons. The largest absolute Gasteiger partial charge is 0.358 e. The number of halogens is 1. The number of amides is 4. The maximum absolute atomic E-state index is 13.4. The molecule has 7 heteroatoms. The molecular formula is C20H18FN3O3. The molecule has 27 heavy (non-hydrogen) atoms. The lowest BCUT2D eigenvalue weighted by Crippen LogP contribution is -2.58. The Bertz CT molecular complexity index is 912. The van der Waals surface area contributed by atoms with Gasteiger partial charge in [-0.05, 0) is 30.7 Å². The average Bonchev–Trinajstić information content (AvgIpc) is 2.65. The fourth-order valence-corrected chi connectivity index (χ4v) is 2.85. The molecule has 1 aliphatic rings. The van der Waals surface area contributed by atoms with Gasteiger partial charge in [0.2, 0.25) is 11.8 Å². The number of rotatable bonds is 5. The minimum absolute atomic E-state index is 0.0479. The smallest absolute Gasteiger partial charge is 0.331 e. The quantitative estimate of drug-likeness (QED) is 0.797. The molecule has 3 rings (SSSR count). The first kappa shape index (κ1) is 18.3. The summed E-state index contributed by atoms with van der Waals surface area (Å²) in [6.45, 7) is 1.70. The van der Waals surface area contributed by atoms with Crippen LogP contribution in [0.3, 0.4) is 0 Å². The van der Waals surface area contributed by atoms with Gasteiger partial charge in [0.25, 0.3) is 0 Å². The van der Waals surface area contributed by atoms with Crippen molar-refractivity contribution in [1.82, 2.24) is 10.2 Å². The minimum atomic E-state index is -1.22. The number of nitrogens with zero attached hydrogens (tertiary/aromatic N) is 1. The van der Waals surface area contributed by atoms with Gasteiger partial charge in [-0.1, -0.05) is 42.5 Å². The maximum atomic E-state index is 13.4. The number of urea groups is 1. The van der Waals surface area contributed by atoms with Crippen LogP contribution in [-0.4, -0.2) is 22.7 Å². The van der Waals surface area contributed by atoms with Gasteiger partial charge in [-0.15, -0.1) is 0 Å². The maximum Gasteiger partial charge on any atom is 0.331 e. The second-order valence-electron chi connectivity index (χ2n) is 6.02. The predicted octanol–water partition coefficient (Wildman–Crippen LogP) is 3.04. The summed E-state index contributed by atoms with van der Waals surface area (Å²) in [5, 5.41) is 5.12. The molecule has 0 bridgehead atoms. The van der Waals surface area contributed by atoms with Crippen molar-refractivity contribution < 1.29 is 18.8 Å². The second kappa shape index (κ2) is 7.82. The summed E-state index contributed by atoms with van der Waals surface area (Å²) < 4.78 is 13.4. The van der Waals surface area contributed by atoms with Crippen molar-refractivity contribution in [1.29, 1.82) is 0 Å². The summed E-state index contributed by atoms with van der Waals surface area (Å²) in [4.78, 5) is 38.4. The molecule has 6 nitrogen and oxygen atoms in total. The number of hydrogen-bond acceptors (Lipinski definition) is 4. The third-order valence-electron chi connectivity index (χ3n) is 4.17. The third kappa shape index (κ3) is 4.03. The molecule has 1 fully saturated rings. The molecule has 0 saturated carbocycles. The Hall–Kier alpha value is -3.48. The van der Waals surface area contributed by atoms with E-state index in [1.807, 2.05) is 6.07 Å². The molecule has 0 radical (unpaired) electrons. The van der Waals surface area contributed by atoms with Gasteiger partial charge in [0.05, 0.1) is 6.54 Å². The normalized spacial score (nSPS) is 17.7. The van der Waals surface area contributed by atoms with Crippen LogP contribution in [0, 0.1) is 11.7 Å². The molecule has 1 saturated heterocycles. The Balaban J connectivity index is 1.85. The first-order chi connectivity index (χ1) is 13.0. The van der Waals surface area contributed by atoms with Gasteiger partial charge >= 0.3 is 6.03 Å². The predicted molar refractivity (Wildman–Crippen MR) is 97.8 cm³/mol. The summed E-state index contributed by atoms with van der Waals surface area (Å²) in [5.41, 5.74) is 1.43. The van der Waals surface area contributed by atoms with Crippen LogP contribution in [0.1, 0.15) is 12.5 Å². The Morgan fingerprint density at radius 3 is 2.56 bits per heavy atom. The van der Waals surface area contributed by atoms with E-state index in [0.29, 0.717) is 5.69 Å². The zero-order valence-corrected chi connectivity index (χ0v) is 14.6. The monoisotopic (exact) mass is 367 g/mol. The summed E-state index contributed by atoms with van der Waals surface area (Å²) >= 11 is 0. The van der Waals surface area contributed by atoms with Crippen LogP contribution in [0.15, 0.2) is 66.4 Å². The summed E-state index contributed by atoms with van der Waals surface area (Å²) in [6, 6.07) is 13.9. The van der Waals surface area contributed by atoms with Crippen molar-refractivity contribution in [3.05, 3.63) is 77.8 Å². The van der Waals surface area contributed by atoms with Crippen LogP contribution in [0.25, 0.3) is 0 Å². The summed E-state index contributed by atoms with van der Waals surface area (Å²) in [7, 11) is 0. The van der Waals surface area contributed by atoms with Gasteiger partial charge in [0.1, 0.15) is 5.82 Å². The van der Waals surface area contributed by atoms with Gasteiger partial charge in [-0.3, -0.25) is 19.8 Å². The van der Waals surface area contributed by atoms with E-state index in [2.05, 4.69) is 10.6 Å². The number of nitrogens with one attached hydrogen (secondary N) is 2. The highest BCUT2D eigenvalue weighted by molar-refractivity contribution is 6.18. The number of carbonyl (C=O) groups excluding carboxylic acids is 3. The molecule has 4 amide bonds. The van der Waals surface area contributed by atoms with Crippen molar-refractivity contribution >= 4 is 23.5 Å². The van der Waals surface area contributed by atoms with E-state index in [9.17, 15) is 18.8 Å². The Kier molecular flexibility index (Phi) is 5.30. The Morgan fingerprint density at radius 1 is 1.15 bits per heavy atom. The molecular weight excluding hydrogens is 349 g/mol. The van der Waals surface area contributed by atoms with Gasteiger partial charge in [-0.25, -0.2) is 9.18 Å². The molecule has 2 N–H and O–H groups in total. The van der Waals surface area contributed by atoms with Crippen molar-refractivity contribution in [3.8, 4) is 0 Å². The summed E-state index contributed by atoms with van der Waals surface area (Å²) in [5.74, 6) is -3.02. The van der Waals surface area contributed by atoms with Gasteiger partial charge in [0.15, 0.2) is 5.92 Å². The number of carbonyl (C=O) groups is 3. The van der Waals surface area contributed by atoms with Crippen molar-refractivity contribution in [3.63, 3.8) is 0 Å². The highest BCUT2D eigenvalue weighted by Crippen LogP contribution is 2.23. The van der Waals surface area contributed by atoms with E-state index in [0.717, 1.165) is 10.5 Å². The zero-order chi connectivity index (χ0) is 19.4. The zero-order valence-electron chi connectivity index (χ0n) is 14.6. The third-order valence-corrected chi connectivity index (χ3v) is 4.17. The fraction of sp³-hybridized carbons (Fsp3) is 0.150. The lowest BCUT2D eigenvalue weighted by atomic mass is 9.99. The van der Waals surface area contributed by atoms with Gasteiger partial charge < -0.3 is 5.32 Å². The Labute approximate surface area is 155 Å². The van der Waals surface area contributed by atoms with Crippen LogP contribution in [0.5, 0.6) is 0 Å². The first-order valence-electron chi connectivity index (χ1n) is 8.38. The van der Waals surface area contributed by atoms with Crippen LogP contribution in [0.2, 0.25) is 0 Å². The van der Waals surface area contributed by atoms with E-state index >= 15 is 0 Å². The van der Waals surface area contributed by atoms with E-state index in [1.54, 1.807) is 43.3 Å². The molecule has 1 aliphatic heterocycles. The van der Waals surface area contributed by atoms with E-state index < -0.39 is 29.6 Å². The number of hydrogen-bond donors (Lipinski definition) is 2. The van der Waals surface area contributed by atoms with E-state index in [-0.39, 0.29) is 12.2 Å². The van der Waals surface area contributed by atoms with Crippen molar-refractivity contribution in [2.24, 2.45) is 5.92 Å². The molecule has 2 aromatic rings. The lowest BCUT2D eigenvalue weighted by molar-refractivity contribution is -0.141. The molecule has 1 atom stereocenters. The molecule has 0 aliphatic carbocycles. The average molecular weight is 367 g/mol. The van der Waals surface area contributed by atoms with E-state index in [4.69, 9.17) is 0 Å². The molecule has 0 unspecified atom stereocenters. The van der Waals surface area contributed by atoms with Crippen LogP contribution in [-0.2, 0) is 16.1 Å². The lowest BCUT2D eigenvalue weighted by Gasteiger charge is -2.31. The highest BCUT2D eigenvalue weighted by atomic mass is 19.1. The standard InChI is InChI=1S/C20H18FN3O3/c1-2-16(22-15-10-6-9-14(21)11-15)17-18(25)23-20(27)24(19(17)26)12-13-7-4-3-5-8-13/h2-11,17,22H,12H2,1H3,(H,23,25,27)/b16-2-/t17-/m1/s1. The van der Waals surface area contributed by atoms with Gasteiger partial charge in [0, 0.05) is 11.4 Å². The van der Waals surface area contributed by atoms with Crippen molar-refractivity contribution in [2.45, 2.75) is 13.5 Å². The van der Waals surface area contributed by atoms with Crippen LogP contribution >= 0.6 is 0 Å².